The number of benzene rings is 2. The first-order valence-corrected chi connectivity index (χ1v) is 7.35. The van der Waals surface area contributed by atoms with Crippen molar-refractivity contribution in [1.29, 1.82) is 0 Å². The standard InChI is InChI=1S/C16H11BrF3NO/c1-9-13(17)3-2-4-14(9)21-8-10-5-6-11(16(18,19)20)7-12(10)15(21)22/h2-7H,8H2,1H3. The van der Waals surface area contributed by atoms with Crippen LogP contribution in [0.2, 0.25) is 0 Å². The fraction of sp³-hybridized carbons (Fsp3) is 0.188. The van der Waals surface area contributed by atoms with Crippen molar-refractivity contribution in [2.24, 2.45) is 0 Å². The van der Waals surface area contributed by atoms with Crippen molar-refractivity contribution in [2.45, 2.75) is 19.6 Å². The van der Waals surface area contributed by atoms with Gasteiger partial charge in [0.15, 0.2) is 0 Å². The Kier molecular flexibility index (Phi) is 3.51. The second-order valence-electron chi connectivity index (χ2n) is 5.14. The van der Waals surface area contributed by atoms with E-state index in [-0.39, 0.29) is 12.1 Å². The maximum atomic E-state index is 12.8. The summed E-state index contributed by atoms with van der Waals surface area (Å²) < 4.78 is 39.2. The van der Waals surface area contributed by atoms with E-state index in [1.165, 1.54) is 11.0 Å². The second-order valence-corrected chi connectivity index (χ2v) is 6.00. The molecule has 1 aliphatic rings. The maximum Gasteiger partial charge on any atom is 0.416 e. The molecule has 1 heterocycles. The molecule has 0 atom stereocenters. The van der Waals surface area contributed by atoms with Gasteiger partial charge < -0.3 is 4.90 Å². The topological polar surface area (TPSA) is 20.3 Å². The van der Waals surface area contributed by atoms with Crippen LogP contribution in [0, 0.1) is 6.92 Å². The number of rotatable bonds is 1. The summed E-state index contributed by atoms with van der Waals surface area (Å²) in [5, 5.41) is 0. The van der Waals surface area contributed by atoms with E-state index in [0.29, 0.717) is 11.3 Å². The number of carbonyl (C=O) groups is 1. The Morgan fingerprint density at radius 3 is 2.59 bits per heavy atom. The van der Waals surface area contributed by atoms with Gasteiger partial charge in [-0.1, -0.05) is 28.1 Å². The predicted molar refractivity (Wildman–Crippen MR) is 80.8 cm³/mol. The lowest BCUT2D eigenvalue weighted by Gasteiger charge is -2.19. The van der Waals surface area contributed by atoms with Gasteiger partial charge in [0, 0.05) is 15.7 Å². The highest BCUT2D eigenvalue weighted by atomic mass is 79.9. The zero-order valence-corrected chi connectivity index (χ0v) is 13.1. The molecule has 0 fully saturated rings. The molecule has 6 heteroatoms. The van der Waals surface area contributed by atoms with Crippen molar-refractivity contribution in [2.75, 3.05) is 4.90 Å². The largest absolute Gasteiger partial charge is 0.416 e. The summed E-state index contributed by atoms with van der Waals surface area (Å²) in [4.78, 5) is 14.0. The Labute approximate surface area is 133 Å². The van der Waals surface area contributed by atoms with Gasteiger partial charge in [-0.15, -0.1) is 0 Å². The molecule has 114 valence electrons. The Hall–Kier alpha value is -1.82. The summed E-state index contributed by atoms with van der Waals surface area (Å²) in [6.45, 7) is 2.14. The number of halogens is 4. The monoisotopic (exact) mass is 369 g/mol. The van der Waals surface area contributed by atoms with Crippen LogP contribution < -0.4 is 4.90 Å². The molecule has 2 nitrogen and oxygen atoms in total. The van der Waals surface area contributed by atoms with Crippen molar-refractivity contribution >= 4 is 27.5 Å². The Morgan fingerprint density at radius 1 is 1.18 bits per heavy atom. The van der Waals surface area contributed by atoms with Gasteiger partial charge in [0.1, 0.15) is 0 Å². The van der Waals surface area contributed by atoms with Gasteiger partial charge in [0.05, 0.1) is 12.1 Å². The van der Waals surface area contributed by atoms with Crippen molar-refractivity contribution < 1.29 is 18.0 Å². The lowest BCUT2D eigenvalue weighted by atomic mass is 10.1. The van der Waals surface area contributed by atoms with Crippen molar-refractivity contribution in [3.8, 4) is 0 Å². The second kappa shape index (κ2) is 5.12. The van der Waals surface area contributed by atoms with Gasteiger partial charge in [0.25, 0.3) is 5.91 Å². The highest BCUT2D eigenvalue weighted by molar-refractivity contribution is 9.10. The van der Waals surface area contributed by atoms with E-state index in [1.807, 2.05) is 13.0 Å². The highest BCUT2D eigenvalue weighted by Gasteiger charge is 2.35. The first kappa shape index (κ1) is 15.1. The van der Waals surface area contributed by atoms with Crippen LogP contribution in [0.3, 0.4) is 0 Å². The highest BCUT2D eigenvalue weighted by Crippen LogP contribution is 2.36. The summed E-state index contributed by atoms with van der Waals surface area (Å²) in [5.74, 6) is -0.401. The minimum absolute atomic E-state index is 0.120. The van der Waals surface area contributed by atoms with Crippen LogP contribution >= 0.6 is 15.9 Å². The molecule has 0 unspecified atom stereocenters. The molecule has 3 rings (SSSR count). The first-order chi connectivity index (χ1) is 10.3. The Morgan fingerprint density at radius 2 is 1.91 bits per heavy atom. The molecule has 0 saturated carbocycles. The third kappa shape index (κ3) is 2.41. The molecule has 1 aliphatic heterocycles. The Balaban J connectivity index is 2.03. The molecule has 0 saturated heterocycles. The van der Waals surface area contributed by atoms with Gasteiger partial charge >= 0.3 is 6.18 Å². The number of anilines is 1. The Bertz CT molecular complexity index is 770. The van der Waals surface area contributed by atoms with E-state index in [4.69, 9.17) is 0 Å². The van der Waals surface area contributed by atoms with E-state index < -0.39 is 17.6 Å². The van der Waals surface area contributed by atoms with Gasteiger partial charge in [-0.05, 0) is 42.3 Å². The number of amides is 1. The van der Waals surface area contributed by atoms with Crippen LogP contribution in [0.4, 0.5) is 18.9 Å². The molecular weight excluding hydrogens is 359 g/mol. The van der Waals surface area contributed by atoms with Crippen molar-refractivity contribution in [3.63, 3.8) is 0 Å². The molecule has 0 N–H and O–H groups in total. The molecule has 2 aromatic carbocycles. The van der Waals surface area contributed by atoms with Crippen LogP contribution in [-0.4, -0.2) is 5.91 Å². The van der Waals surface area contributed by atoms with E-state index in [2.05, 4.69) is 15.9 Å². The van der Waals surface area contributed by atoms with Crippen molar-refractivity contribution in [3.05, 3.63) is 63.1 Å². The van der Waals surface area contributed by atoms with Gasteiger partial charge in [-0.3, -0.25) is 4.79 Å². The fourth-order valence-corrected chi connectivity index (χ4v) is 2.92. The predicted octanol–water partition coefficient (Wildman–Crippen LogP) is 4.94. The molecular formula is C16H11BrF3NO. The fourth-order valence-electron chi connectivity index (χ4n) is 2.56. The lowest BCUT2D eigenvalue weighted by molar-refractivity contribution is -0.137. The number of hydrogen-bond acceptors (Lipinski definition) is 1. The molecule has 0 aliphatic carbocycles. The number of nitrogens with zero attached hydrogens (tertiary/aromatic N) is 1. The van der Waals surface area contributed by atoms with Crippen LogP contribution in [-0.2, 0) is 12.7 Å². The number of alkyl halides is 3. The summed E-state index contributed by atoms with van der Waals surface area (Å²) in [7, 11) is 0. The molecule has 1 amide bonds. The molecule has 0 aromatic heterocycles. The van der Waals surface area contributed by atoms with Crippen LogP contribution in [0.5, 0.6) is 0 Å². The third-order valence-electron chi connectivity index (χ3n) is 3.77. The van der Waals surface area contributed by atoms with E-state index in [9.17, 15) is 18.0 Å². The summed E-state index contributed by atoms with van der Waals surface area (Å²) >= 11 is 3.40. The zero-order valence-electron chi connectivity index (χ0n) is 11.5. The first-order valence-electron chi connectivity index (χ1n) is 6.56. The molecule has 0 spiro atoms. The summed E-state index contributed by atoms with van der Waals surface area (Å²) in [6.07, 6.45) is -4.45. The van der Waals surface area contributed by atoms with Gasteiger partial charge in [-0.2, -0.15) is 13.2 Å². The smallest absolute Gasteiger partial charge is 0.304 e. The minimum Gasteiger partial charge on any atom is -0.304 e. The number of hydrogen-bond donors (Lipinski definition) is 0. The summed E-state index contributed by atoms with van der Waals surface area (Å²) in [5.41, 5.74) is 1.50. The molecule has 22 heavy (non-hydrogen) atoms. The van der Waals surface area contributed by atoms with E-state index in [0.717, 1.165) is 22.2 Å². The van der Waals surface area contributed by atoms with E-state index in [1.54, 1.807) is 12.1 Å². The van der Waals surface area contributed by atoms with Gasteiger partial charge in [0.2, 0.25) is 0 Å². The van der Waals surface area contributed by atoms with Crippen molar-refractivity contribution in [1.82, 2.24) is 0 Å². The van der Waals surface area contributed by atoms with Crippen LogP contribution in [0.15, 0.2) is 40.9 Å². The quantitative estimate of drug-likeness (QED) is 0.697. The molecule has 0 bridgehead atoms. The normalized spacial score (nSPS) is 14.4. The SMILES string of the molecule is Cc1c(Br)cccc1N1Cc2ccc(C(F)(F)F)cc2C1=O. The lowest BCUT2D eigenvalue weighted by Crippen LogP contribution is -2.24. The molecule has 2 aromatic rings. The van der Waals surface area contributed by atoms with Gasteiger partial charge in [-0.25, -0.2) is 0 Å². The number of carbonyl (C=O) groups excluding carboxylic acids is 1. The zero-order chi connectivity index (χ0) is 16.1. The van der Waals surface area contributed by atoms with E-state index >= 15 is 0 Å². The minimum atomic E-state index is -4.45. The maximum absolute atomic E-state index is 12.8. The average Bonchev–Trinajstić information content (AvgIpc) is 2.78. The average molecular weight is 370 g/mol. The third-order valence-corrected chi connectivity index (χ3v) is 4.63. The molecule has 0 radical (unpaired) electrons. The van der Waals surface area contributed by atoms with Crippen LogP contribution in [0.25, 0.3) is 0 Å². The van der Waals surface area contributed by atoms with Crippen LogP contribution in [0.1, 0.15) is 27.0 Å². The summed E-state index contributed by atoms with van der Waals surface area (Å²) in [6, 6.07) is 8.77. The number of fused-ring (bicyclic) bond motifs is 1.